The Morgan fingerprint density at radius 2 is 1.82 bits per heavy atom. The van der Waals surface area contributed by atoms with Crippen LogP contribution in [0.25, 0.3) is 0 Å². The molecule has 0 radical (unpaired) electrons. The number of rotatable bonds is 4. The lowest BCUT2D eigenvalue weighted by molar-refractivity contribution is -0.136. The van der Waals surface area contributed by atoms with E-state index in [4.69, 9.17) is 4.74 Å². The zero-order valence-corrected chi connectivity index (χ0v) is 18.4. The minimum atomic E-state index is -0.708. The first-order chi connectivity index (χ1) is 13.3. The second kappa shape index (κ2) is 8.36. The predicted octanol–water partition coefficient (Wildman–Crippen LogP) is 4.63. The van der Waals surface area contributed by atoms with Crippen LogP contribution in [0.5, 0.6) is 5.75 Å². The van der Waals surface area contributed by atoms with Crippen LogP contribution in [0.2, 0.25) is 0 Å². The number of amides is 2. The zero-order valence-electron chi connectivity index (χ0n) is 15.2. The standard InChI is InChI=1S/C20H18Br2N2O4/c1-11-16(19(26)28-2)17(13-8-14(21)18(25)15(22)9-13)23-20(27)24(11)10-12-6-4-3-5-7-12/h3-9,17,25H,10H2,1-2H3,(H,23,27). The Labute approximate surface area is 179 Å². The molecule has 0 saturated carbocycles. The third-order valence-corrected chi connectivity index (χ3v) is 5.77. The molecule has 6 nitrogen and oxygen atoms in total. The summed E-state index contributed by atoms with van der Waals surface area (Å²) >= 11 is 6.58. The van der Waals surface area contributed by atoms with Crippen LogP contribution < -0.4 is 5.32 Å². The van der Waals surface area contributed by atoms with Gasteiger partial charge in [-0.25, -0.2) is 9.59 Å². The molecule has 28 heavy (non-hydrogen) atoms. The van der Waals surface area contributed by atoms with Gasteiger partial charge in [-0.05, 0) is 62.0 Å². The third-order valence-electron chi connectivity index (χ3n) is 4.56. The molecule has 0 fully saturated rings. The largest absolute Gasteiger partial charge is 0.506 e. The Hall–Kier alpha value is -2.32. The molecule has 1 aliphatic rings. The van der Waals surface area contributed by atoms with Crippen LogP contribution in [0.3, 0.4) is 0 Å². The van der Waals surface area contributed by atoms with E-state index in [-0.39, 0.29) is 11.8 Å². The monoisotopic (exact) mass is 508 g/mol. The Bertz CT molecular complexity index is 937. The number of hydrogen-bond donors (Lipinski definition) is 2. The van der Waals surface area contributed by atoms with Crippen LogP contribution in [0.15, 0.2) is 62.7 Å². The van der Waals surface area contributed by atoms with Gasteiger partial charge in [0.25, 0.3) is 0 Å². The summed E-state index contributed by atoms with van der Waals surface area (Å²) in [6.45, 7) is 2.06. The number of carbonyl (C=O) groups excluding carboxylic acids is 2. The summed E-state index contributed by atoms with van der Waals surface area (Å²) in [6, 6.07) is 11.8. The van der Waals surface area contributed by atoms with E-state index in [9.17, 15) is 14.7 Å². The van der Waals surface area contributed by atoms with Crippen molar-refractivity contribution in [1.29, 1.82) is 0 Å². The Morgan fingerprint density at radius 1 is 1.21 bits per heavy atom. The fraction of sp³-hybridized carbons (Fsp3) is 0.200. The SMILES string of the molecule is COC(=O)C1=C(C)N(Cc2ccccc2)C(=O)NC1c1cc(Br)c(O)c(Br)c1. The maximum absolute atomic E-state index is 12.8. The number of halogens is 2. The molecule has 8 heteroatoms. The highest BCUT2D eigenvalue weighted by Crippen LogP contribution is 2.39. The molecule has 1 aliphatic heterocycles. The molecule has 2 aromatic rings. The molecule has 2 aromatic carbocycles. The number of aromatic hydroxyl groups is 1. The van der Waals surface area contributed by atoms with Gasteiger partial charge in [-0.3, -0.25) is 4.90 Å². The molecule has 1 atom stereocenters. The molecule has 3 rings (SSSR count). The van der Waals surface area contributed by atoms with Crippen molar-refractivity contribution in [2.75, 3.05) is 7.11 Å². The maximum atomic E-state index is 12.8. The van der Waals surface area contributed by atoms with Gasteiger partial charge in [0, 0.05) is 5.70 Å². The van der Waals surface area contributed by atoms with Gasteiger partial charge in [0.2, 0.25) is 0 Å². The van der Waals surface area contributed by atoms with Crippen molar-refractivity contribution >= 4 is 43.9 Å². The number of urea groups is 1. The number of methoxy groups -OCH3 is 1. The fourth-order valence-electron chi connectivity index (χ4n) is 3.11. The van der Waals surface area contributed by atoms with Gasteiger partial charge in [-0.15, -0.1) is 0 Å². The quantitative estimate of drug-likeness (QED) is 0.589. The summed E-state index contributed by atoms with van der Waals surface area (Å²) < 4.78 is 5.87. The average molecular weight is 510 g/mol. The minimum Gasteiger partial charge on any atom is -0.506 e. The Kier molecular flexibility index (Phi) is 6.10. The van der Waals surface area contributed by atoms with Gasteiger partial charge in [0.05, 0.1) is 34.2 Å². The number of ether oxygens (including phenoxy) is 1. The second-order valence-corrected chi connectivity index (χ2v) is 7.99. The number of phenolic OH excluding ortho intramolecular Hbond substituents is 1. The number of carbonyl (C=O) groups is 2. The molecule has 0 spiro atoms. The lowest BCUT2D eigenvalue weighted by Crippen LogP contribution is -2.47. The van der Waals surface area contributed by atoms with E-state index in [1.54, 1.807) is 19.1 Å². The summed E-state index contributed by atoms with van der Waals surface area (Å²) in [5, 5.41) is 12.8. The lowest BCUT2D eigenvalue weighted by atomic mass is 9.94. The normalized spacial score (nSPS) is 16.8. The van der Waals surface area contributed by atoms with Crippen molar-refractivity contribution in [3.8, 4) is 5.75 Å². The van der Waals surface area contributed by atoms with Crippen LogP contribution in [0.4, 0.5) is 4.79 Å². The van der Waals surface area contributed by atoms with Crippen molar-refractivity contribution in [3.05, 3.63) is 73.8 Å². The van der Waals surface area contributed by atoms with Gasteiger partial charge >= 0.3 is 12.0 Å². The highest BCUT2D eigenvalue weighted by Gasteiger charge is 2.36. The highest BCUT2D eigenvalue weighted by molar-refractivity contribution is 9.11. The summed E-state index contributed by atoms with van der Waals surface area (Å²) in [7, 11) is 1.31. The Morgan fingerprint density at radius 3 is 2.39 bits per heavy atom. The molecule has 1 unspecified atom stereocenters. The van der Waals surface area contributed by atoms with Gasteiger partial charge in [0.1, 0.15) is 5.75 Å². The third kappa shape index (κ3) is 3.93. The first-order valence-corrected chi connectivity index (χ1v) is 10.0. The van der Waals surface area contributed by atoms with Crippen molar-refractivity contribution < 1.29 is 19.4 Å². The predicted molar refractivity (Wildman–Crippen MR) is 111 cm³/mol. The number of benzene rings is 2. The topological polar surface area (TPSA) is 78.9 Å². The van der Waals surface area contributed by atoms with Crippen molar-refractivity contribution in [3.63, 3.8) is 0 Å². The molecule has 0 bridgehead atoms. The molecular formula is C20H18Br2N2O4. The summed E-state index contributed by atoms with van der Waals surface area (Å²) in [5.74, 6) is -0.488. The molecule has 0 aliphatic carbocycles. The van der Waals surface area contributed by atoms with Crippen LogP contribution in [-0.2, 0) is 16.1 Å². The summed E-state index contributed by atoms with van der Waals surface area (Å²) in [4.78, 5) is 26.9. The number of phenols is 1. The van der Waals surface area contributed by atoms with E-state index in [1.165, 1.54) is 12.0 Å². The lowest BCUT2D eigenvalue weighted by Gasteiger charge is -2.35. The maximum Gasteiger partial charge on any atom is 0.337 e. The smallest absolute Gasteiger partial charge is 0.337 e. The molecule has 2 N–H and O–H groups in total. The molecule has 146 valence electrons. The summed E-state index contributed by atoms with van der Waals surface area (Å²) in [5.41, 5.74) is 2.42. The van der Waals surface area contributed by atoms with Gasteiger partial charge < -0.3 is 15.2 Å². The molecule has 2 amide bonds. The van der Waals surface area contributed by atoms with E-state index in [2.05, 4.69) is 37.2 Å². The van der Waals surface area contributed by atoms with E-state index in [0.717, 1.165) is 5.56 Å². The number of esters is 1. The van der Waals surface area contributed by atoms with Crippen molar-refractivity contribution in [2.45, 2.75) is 19.5 Å². The van der Waals surface area contributed by atoms with Crippen LogP contribution in [0, 0.1) is 0 Å². The summed E-state index contributed by atoms with van der Waals surface area (Å²) in [6.07, 6.45) is 0. The first-order valence-electron chi connectivity index (χ1n) is 8.42. The van der Waals surface area contributed by atoms with E-state index >= 15 is 0 Å². The van der Waals surface area contributed by atoms with Crippen LogP contribution in [-0.4, -0.2) is 29.1 Å². The van der Waals surface area contributed by atoms with Crippen LogP contribution >= 0.6 is 31.9 Å². The zero-order chi connectivity index (χ0) is 20.4. The van der Waals surface area contributed by atoms with Crippen LogP contribution in [0.1, 0.15) is 24.1 Å². The average Bonchev–Trinajstić information content (AvgIpc) is 2.68. The molecule has 1 heterocycles. The van der Waals surface area contributed by atoms with Gasteiger partial charge in [-0.1, -0.05) is 30.3 Å². The fourth-order valence-corrected chi connectivity index (χ4v) is 4.34. The van der Waals surface area contributed by atoms with E-state index in [1.807, 2.05) is 30.3 Å². The number of hydrogen-bond acceptors (Lipinski definition) is 4. The number of allylic oxidation sites excluding steroid dienone is 1. The molecule has 0 aromatic heterocycles. The van der Waals surface area contributed by atoms with E-state index < -0.39 is 12.0 Å². The van der Waals surface area contributed by atoms with Gasteiger partial charge in [0.15, 0.2) is 0 Å². The molecular weight excluding hydrogens is 492 g/mol. The number of nitrogens with one attached hydrogen (secondary N) is 1. The molecule has 0 saturated heterocycles. The Balaban J connectivity index is 2.07. The first kappa shape index (κ1) is 20.4. The minimum absolute atomic E-state index is 0.0388. The van der Waals surface area contributed by atoms with Gasteiger partial charge in [-0.2, -0.15) is 0 Å². The second-order valence-electron chi connectivity index (χ2n) is 6.28. The number of nitrogens with zero attached hydrogens (tertiary/aromatic N) is 1. The highest BCUT2D eigenvalue weighted by atomic mass is 79.9. The van der Waals surface area contributed by atoms with Crippen molar-refractivity contribution in [2.24, 2.45) is 0 Å². The van der Waals surface area contributed by atoms with E-state index in [0.29, 0.717) is 32.3 Å². The van der Waals surface area contributed by atoms with Crippen molar-refractivity contribution in [1.82, 2.24) is 10.2 Å².